The lowest BCUT2D eigenvalue weighted by Crippen LogP contribution is -2.43. The predicted molar refractivity (Wildman–Crippen MR) is 148 cm³/mol. The lowest BCUT2D eigenvalue weighted by atomic mass is 9.94. The molecule has 1 aromatic carbocycles. The van der Waals surface area contributed by atoms with E-state index in [2.05, 4.69) is 51.6 Å². The first-order valence-electron chi connectivity index (χ1n) is 12.4. The van der Waals surface area contributed by atoms with E-state index in [1.54, 1.807) is 30.5 Å². The Morgan fingerprint density at radius 3 is 2.77 bits per heavy atom. The minimum absolute atomic E-state index is 0.0479. The SMILES string of the molecule is CNC(=O)c1ccc(NCC#Cc2nc3c(N[C@@H]4CCN(C)C[C@@H]4C)cccn3c2SC(F)(F)F)c(OC)c1. The Labute approximate surface area is 229 Å². The molecular weight excluding hydrogens is 529 g/mol. The van der Waals surface area contributed by atoms with E-state index in [1.165, 1.54) is 18.6 Å². The van der Waals surface area contributed by atoms with Crippen LogP contribution in [-0.4, -0.2) is 72.6 Å². The molecule has 1 aliphatic heterocycles. The maximum Gasteiger partial charge on any atom is 0.447 e. The number of imidazole rings is 1. The van der Waals surface area contributed by atoms with Crippen LogP contribution in [0.15, 0.2) is 41.6 Å². The number of rotatable bonds is 7. The molecule has 3 heterocycles. The van der Waals surface area contributed by atoms with Crippen molar-refractivity contribution in [1.82, 2.24) is 19.6 Å². The number of piperidine rings is 1. The van der Waals surface area contributed by atoms with Crippen LogP contribution >= 0.6 is 11.8 Å². The number of carbonyl (C=O) groups is 1. The van der Waals surface area contributed by atoms with Gasteiger partial charge in [0.25, 0.3) is 5.91 Å². The zero-order valence-electron chi connectivity index (χ0n) is 22.1. The molecule has 8 nitrogen and oxygen atoms in total. The maximum absolute atomic E-state index is 13.5. The zero-order chi connectivity index (χ0) is 28.2. The van der Waals surface area contributed by atoms with Gasteiger partial charge in [0, 0.05) is 43.2 Å². The summed E-state index contributed by atoms with van der Waals surface area (Å²) in [7, 11) is 5.10. The number of amides is 1. The van der Waals surface area contributed by atoms with Gasteiger partial charge in [-0.15, -0.1) is 0 Å². The highest BCUT2D eigenvalue weighted by Crippen LogP contribution is 2.39. The average Bonchev–Trinajstić information content (AvgIpc) is 3.24. The standard InChI is InChI=1S/C27H31F3N6O2S/c1-17-16-35(3)14-11-19(17)33-21-8-6-13-36-24(21)34-22(26(36)39-27(28,29)30)7-5-12-32-20-10-9-18(25(37)31-2)15-23(20)38-4/h6,8-10,13,15,17,19,32-33H,11-12,14,16H2,1-4H3,(H,31,37)/t17-,19+/m0/s1. The largest absolute Gasteiger partial charge is 0.495 e. The van der Waals surface area contributed by atoms with Crippen molar-refractivity contribution in [3.05, 3.63) is 47.8 Å². The quantitative estimate of drug-likeness (QED) is 0.289. The first-order valence-corrected chi connectivity index (χ1v) is 13.3. The highest BCUT2D eigenvalue weighted by molar-refractivity contribution is 8.00. The normalized spacial score (nSPS) is 17.8. The van der Waals surface area contributed by atoms with Crippen molar-refractivity contribution >= 4 is 34.7 Å². The van der Waals surface area contributed by atoms with Crippen LogP contribution in [0, 0.1) is 17.8 Å². The topological polar surface area (TPSA) is 82.9 Å². The van der Waals surface area contributed by atoms with E-state index in [-0.39, 0.29) is 41.0 Å². The molecule has 0 radical (unpaired) electrons. The number of fused-ring (bicyclic) bond motifs is 1. The molecule has 2 atom stereocenters. The third-order valence-electron chi connectivity index (χ3n) is 6.53. The number of hydrogen-bond donors (Lipinski definition) is 3. The summed E-state index contributed by atoms with van der Waals surface area (Å²) in [4.78, 5) is 18.7. The molecule has 1 fully saturated rings. The number of benzene rings is 1. The van der Waals surface area contributed by atoms with Crippen LogP contribution in [0.5, 0.6) is 5.75 Å². The van der Waals surface area contributed by atoms with Crippen LogP contribution in [0.2, 0.25) is 0 Å². The Kier molecular flexibility index (Phi) is 8.82. The van der Waals surface area contributed by atoms with Crippen molar-refractivity contribution in [2.24, 2.45) is 5.92 Å². The smallest absolute Gasteiger partial charge is 0.447 e. The summed E-state index contributed by atoms with van der Waals surface area (Å²) in [6, 6.07) is 8.65. The second-order valence-corrected chi connectivity index (χ2v) is 10.4. The van der Waals surface area contributed by atoms with Gasteiger partial charge in [-0.2, -0.15) is 13.2 Å². The molecule has 4 rings (SSSR count). The van der Waals surface area contributed by atoms with Crippen molar-refractivity contribution in [3.63, 3.8) is 0 Å². The molecule has 0 saturated carbocycles. The highest BCUT2D eigenvalue weighted by Gasteiger charge is 2.33. The Hall–Kier alpha value is -3.56. The van der Waals surface area contributed by atoms with E-state index in [0.29, 0.717) is 34.3 Å². The lowest BCUT2D eigenvalue weighted by Gasteiger charge is -2.35. The van der Waals surface area contributed by atoms with Gasteiger partial charge < -0.3 is 25.6 Å². The molecule has 1 aliphatic rings. The molecule has 1 saturated heterocycles. The van der Waals surface area contributed by atoms with Crippen LogP contribution in [0.25, 0.3) is 5.65 Å². The van der Waals surface area contributed by atoms with Crippen LogP contribution in [0.4, 0.5) is 24.5 Å². The molecule has 2 aromatic heterocycles. The van der Waals surface area contributed by atoms with Crippen molar-refractivity contribution in [2.75, 3.05) is 51.5 Å². The number of aromatic nitrogens is 2. The Balaban J connectivity index is 1.59. The van der Waals surface area contributed by atoms with Gasteiger partial charge in [-0.25, -0.2) is 4.98 Å². The summed E-state index contributed by atoms with van der Waals surface area (Å²) in [5, 5.41) is 9.06. The number of carbonyl (C=O) groups excluding carboxylic acids is 1. The number of methoxy groups -OCH3 is 1. The molecule has 12 heteroatoms. The molecule has 0 aliphatic carbocycles. The molecule has 0 bridgehead atoms. The summed E-state index contributed by atoms with van der Waals surface area (Å²) < 4.78 is 47.3. The Bertz CT molecular complexity index is 1400. The number of thioether (sulfide) groups is 1. The maximum atomic E-state index is 13.5. The summed E-state index contributed by atoms with van der Waals surface area (Å²) in [6.45, 7) is 4.16. The molecule has 3 N–H and O–H groups in total. The minimum atomic E-state index is -4.50. The van der Waals surface area contributed by atoms with Gasteiger partial charge in [0.15, 0.2) is 5.65 Å². The van der Waals surface area contributed by atoms with Crippen LogP contribution in [0.1, 0.15) is 29.4 Å². The number of hydrogen-bond acceptors (Lipinski definition) is 7. The van der Waals surface area contributed by atoms with Gasteiger partial charge in [-0.1, -0.05) is 12.8 Å². The summed E-state index contributed by atoms with van der Waals surface area (Å²) in [6.07, 6.45) is 2.50. The van der Waals surface area contributed by atoms with Crippen LogP contribution in [-0.2, 0) is 0 Å². The van der Waals surface area contributed by atoms with Crippen molar-refractivity contribution in [2.45, 2.75) is 29.9 Å². The van der Waals surface area contributed by atoms with Gasteiger partial charge in [-0.3, -0.25) is 9.20 Å². The molecule has 0 spiro atoms. The first kappa shape index (κ1) is 28.4. The second kappa shape index (κ2) is 12.1. The average molecular weight is 561 g/mol. The van der Waals surface area contributed by atoms with E-state index in [9.17, 15) is 18.0 Å². The minimum Gasteiger partial charge on any atom is -0.495 e. The number of ether oxygens (including phenoxy) is 1. The number of alkyl halides is 3. The van der Waals surface area contributed by atoms with E-state index < -0.39 is 5.51 Å². The highest BCUT2D eigenvalue weighted by atomic mass is 32.2. The van der Waals surface area contributed by atoms with Crippen molar-refractivity contribution in [1.29, 1.82) is 0 Å². The van der Waals surface area contributed by atoms with Gasteiger partial charge >= 0.3 is 5.51 Å². The molecule has 3 aromatic rings. The van der Waals surface area contributed by atoms with E-state index in [1.807, 2.05) is 6.07 Å². The monoisotopic (exact) mass is 560 g/mol. The van der Waals surface area contributed by atoms with Crippen molar-refractivity contribution < 1.29 is 22.7 Å². The van der Waals surface area contributed by atoms with Crippen LogP contribution in [0.3, 0.4) is 0 Å². The number of nitrogens with zero attached hydrogens (tertiary/aromatic N) is 3. The van der Waals surface area contributed by atoms with E-state index in [0.717, 1.165) is 19.5 Å². The van der Waals surface area contributed by atoms with E-state index in [4.69, 9.17) is 4.74 Å². The second-order valence-electron chi connectivity index (χ2n) is 9.36. The molecule has 0 unspecified atom stereocenters. The Morgan fingerprint density at radius 1 is 1.28 bits per heavy atom. The van der Waals surface area contributed by atoms with Crippen molar-refractivity contribution in [3.8, 4) is 17.6 Å². The number of likely N-dealkylation sites (tertiary alicyclic amines) is 1. The number of pyridine rings is 1. The summed E-state index contributed by atoms with van der Waals surface area (Å²) in [5.41, 5.74) is -2.35. The number of anilines is 2. The number of nitrogens with one attached hydrogen (secondary N) is 3. The fraction of sp³-hybridized carbons (Fsp3) is 0.407. The van der Waals surface area contributed by atoms with Gasteiger partial charge in [0.05, 0.1) is 25.0 Å². The summed E-state index contributed by atoms with van der Waals surface area (Å²) in [5.74, 6) is 6.25. The third kappa shape index (κ3) is 6.91. The fourth-order valence-electron chi connectivity index (χ4n) is 4.61. The number of halogens is 3. The molecule has 1 amide bonds. The van der Waals surface area contributed by atoms with Crippen LogP contribution < -0.4 is 20.7 Å². The third-order valence-corrected chi connectivity index (χ3v) is 7.35. The fourth-order valence-corrected chi connectivity index (χ4v) is 5.26. The first-order chi connectivity index (χ1) is 18.6. The predicted octanol–water partition coefficient (Wildman–Crippen LogP) is 4.53. The summed E-state index contributed by atoms with van der Waals surface area (Å²) >= 11 is -0.229. The van der Waals surface area contributed by atoms with Gasteiger partial charge in [0.2, 0.25) is 0 Å². The lowest BCUT2D eigenvalue weighted by molar-refractivity contribution is -0.0330. The zero-order valence-corrected chi connectivity index (χ0v) is 23.0. The van der Waals surface area contributed by atoms with E-state index >= 15 is 0 Å². The van der Waals surface area contributed by atoms with Gasteiger partial charge in [0.1, 0.15) is 16.5 Å². The Morgan fingerprint density at radius 2 is 2.08 bits per heavy atom. The molecule has 208 valence electrons. The molecular formula is C27H31F3N6O2S. The van der Waals surface area contributed by atoms with Gasteiger partial charge in [-0.05, 0) is 62.2 Å². The molecule has 39 heavy (non-hydrogen) atoms.